The molecule has 2 heterocycles. The molecule has 1 fully saturated rings. The fourth-order valence-corrected chi connectivity index (χ4v) is 6.04. The predicted octanol–water partition coefficient (Wildman–Crippen LogP) is 2.70. The van der Waals surface area contributed by atoms with Crippen molar-refractivity contribution >= 4 is 49.7 Å². The molecule has 8 heteroatoms. The van der Waals surface area contributed by atoms with Gasteiger partial charge in [-0.05, 0) is 47.4 Å². The third-order valence-corrected chi connectivity index (χ3v) is 7.04. The molecule has 0 saturated carbocycles. The number of hydrogen-bond acceptors (Lipinski definition) is 4. The summed E-state index contributed by atoms with van der Waals surface area (Å²) in [4.78, 5) is 0. The Morgan fingerprint density at radius 3 is 2.74 bits per heavy atom. The second kappa shape index (κ2) is 7.38. The van der Waals surface area contributed by atoms with Crippen molar-refractivity contribution in [1.29, 1.82) is 0 Å². The number of halogens is 2. The van der Waals surface area contributed by atoms with Crippen LogP contribution in [0.1, 0.15) is 19.8 Å². The molecule has 1 aromatic heterocycles. The number of rotatable bonds is 5. The van der Waals surface area contributed by atoms with Gasteiger partial charge in [0.05, 0.1) is 3.79 Å². The maximum Gasteiger partial charge on any atom is 0.252 e. The Bertz CT molecular complexity index is 501. The van der Waals surface area contributed by atoms with E-state index in [0.29, 0.717) is 10.8 Å². The molecule has 0 amide bonds. The van der Waals surface area contributed by atoms with Gasteiger partial charge < -0.3 is 5.32 Å². The lowest BCUT2D eigenvalue weighted by Crippen LogP contribution is -2.41. The van der Waals surface area contributed by atoms with Crippen molar-refractivity contribution in [3.63, 3.8) is 0 Å². The van der Waals surface area contributed by atoms with E-state index in [4.69, 9.17) is 0 Å². The van der Waals surface area contributed by atoms with E-state index in [-0.39, 0.29) is 18.4 Å². The van der Waals surface area contributed by atoms with Crippen LogP contribution in [0.5, 0.6) is 0 Å². The summed E-state index contributed by atoms with van der Waals surface area (Å²) in [6.07, 6.45) is 1.73. The second-order valence-electron chi connectivity index (χ2n) is 4.32. The zero-order valence-corrected chi connectivity index (χ0v) is 14.7. The minimum absolute atomic E-state index is 0. The molecule has 0 aromatic carbocycles. The van der Waals surface area contributed by atoms with Crippen LogP contribution in [0.4, 0.5) is 0 Å². The van der Waals surface area contributed by atoms with Crippen molar-refractivity contribution in [3.8, 4) is 0 Å². The monoisotopic (exact) mass is 388 g/mol. The number of hydrogen-bond donors (Lipinski definition) is 1. The lowest BCUT2D eigenvalue weighted by atomic mass is 10.2. The summed E-state index contributed by atoms with van der Waals surface area (Å²) >= 11 is 4.59. The van der Waals surface area contributed by atoms with Gasteiger partial charge in [0.1, 0.15) is 4.21 Å². The lowest BCUT2D eigenvalue weighted by molar-refractivity contribution is 0.336. The van der Waals surface area contributed by atoms with Gasteiger partial charge in [0.25, 0.3) is 10.0 Å². The zero-order chi connectivity index (χ0) is 13.2. The molecule has 1 N–H and O–H groups in total. The number of thiophene rings is 1. The summed E-state index contributed by atoms with van der Waals surface area (Å²) in [6.45, 7) is 4.25. The molecular weight excluding hydrogens is 372 g/mol. The van der Waals surface area contributed by atoms with E-state index in [1.807, 2.05) is 6.92 Å². The van der Waals surface area contributed by atoms with Crippen molar-refractivity contribution in [1.82, 2.24) is 9.62 Å². The van der Waals surface area contributed by atoms with Crippen LogP contribution in [-0.4, -0.2) is 38.4 Å². The molecule has 1 aromatic rings. The molecule has 0 spiro atoms. The molecule has 1 aliphatic heterocycles. The molecule has 4 nitrogen and oxygen atoms in total. The van der Waals surface area contributed by atoms with Gasteiger partial charge in [-0.15, -0.1) is 23.7 Å². The van der Waals surface area contributed by atoms with Gasteiger partial charge in [-0.2, -0.15) is 4.31 Å². The van der Waals surface area contributed by atoms with Gasteiger partial charge in [0, 0.05) is 19.1 Å². The Kier molecular flexibility index (Phi) is 6.75. The first-order valence-corrected chi connectivity index (χ1v) is 9.08. The van der Waals surface area contributed by atoms with Crippen molar-refractivity contribution in [3.05, 3.63) is 15.9 Å². The third-order valence-electron chi connectivity index (χ3n) is 3.00. The number of nitrogens with zero attached hydrogens (tertiary/aromatic N) is 1. The lowest BCUT2D eigenvalue weighted by Gasteiger charge is -2.26. The SMILES string of the molecule is CCCN(C1CCNC1)S(=O)(=O)c1ccc(Br)s1.Cl. The maximum absolute atomic E-state index is 12.6. The highest BCUT2D eigenvalue weighted by Gasteiger charge is 2.33. The average molecular weight is 390 g/mol. The van der Waals surface area contributed by atoms with Crippen molar-refractivity contribution in [2.45, 2.75) is 30.0 Å². The van der Waals surface area contributed by atoms with Crippen molar-refractivity contribution in [2.75, 3.05) is 19.6 Å². The highest BCUT2D eigenvalue weighted by atomic mass is 79.9. The molecule has 0 radical (unpaired) electrons. The minimum Gasteiger partial charge on any atom is -0.315 e. The predicted molar refractivity (Wildman–Crippen MR) is 84.7 cm³/mol. The molecule has 19 heavy (non-hydrogen) atoms. The quantitative estimate of drug-likeness (QED) is 0.842. The topological polar surface area (TPSA) is 49.4 Å². The van der Waals surface area contributed by atoms with Crippen LogP contribution in [0.25, 0.3) is 0 Å². The first-order chi connectivity index (χ1) is 8.55. The smallest absolute Gasteiger partial charge is 0.252 e. The summed E-state index contributed by atoms with van der Waals surface area (Å²) < 4.78 is 28.2. The molecule has 1 unspecified atom stereocenters. The van der Waals surface area contributed by atoms with E-state index >= 15 is 0 Å². The third kappa shape index (κ3) is 3.92. The van der Waals surface area contributed by atoms with Crippen LogP contribution in [0.2, 0.25) is 0 Å². The van der Waals surface area contributed by atoms with Crippen LogP contribution in [0, 0.1) is 0 Å². The summed E-state index contributed by atoms with van der Waals surface area (Å²) in [6, 6.07) is 3.56. The minimum atomic E-state index is -3.34. The molecule has 1 atom stereocenters. The van der Waals surface area contributed by atoms with Gasteiger partial charge in [-0.1, -0.05) is 6.92 Å². The Morgan fingerprint density at radius 1 is 1.53 bits per heavy atom. The van der Waals surface area contributed by atoms with E-state index in [2.05, 4.69) is 21.2 Å². The van der Waals surface area contributed by atoms with E-state index in [9.17, 15) is 8.42 Å². The van der Waals surface area contributed by atoms with Gasteiger partial charge in [-0.25, -0.2) is 8.42 Å². The zero-order valence-electron chi connectivity index (χ0n) is 10.6. The summed E-state index contributed by atoms with van der Waals surface area (Å²) in [5.41, 5.74) is 0. The van der Waals surface area contributed by atoms with Gasteiger partial charge >= 0.3 is 0 Å². The Balaban J connectivity index is 0.00000180. The summed E-state index contributed by atoms with van der Waals surface area (Å²) in [5, 5.41) is 3.23. The fraction of sp³-hybridized carbons (Fsp3) is 0.636. The molecule has 0 aliphatic carbocycles. The Morgan fingerprint density at radius 2 is 2.26 bits per heavy atom. The molecule has 2 rings (SSSR count). The van der Waals surface area contributed by atoms with E-state index in [0.717, 1.165) is 29.7 Å². The highest BCUT2D eigenvalue weighted by Crippen LogP contribution is 2.30. The van der Waals surface area contributed by atoms with Crippen LogP contribution >= 0.6 is 39.7 Å². The molecular formula is C11H18BrClN2O2S2. The number of nitrogens with one attached hydrogen (secondary N) is 1. The maximum atomic E-state index is 12.6. The fourth-order valence-electron chi connectivity index (χ4n) is 2.16. The Hall–Kier alpha value is 0.340. The van der Waals surface area contributed by atoms with Gasteiger partial charge in [0.15, 0.2) is 0 Å². The summed E-state index contributed by atoms with van der Waals surface area (Å²) in [5.74, 6) is 0. The van der Waals surface area contributed by atoms with E-state index in [1.165, 1.54) is 11.3 Å². The molecule has 1 saturated heterocycles. The van der Waals surface area contributed by atoms with Crippen LogP contribution in [0.3, 0.4) is 0 Å². The van der Waals surface area contributed by atoms with Crippen LogP contribution in [0.15, 0.2) is 20.1 Å². The van der Waals surface area contributed by atoms with Gasteiger partial charge in [-0.3, -0.25) is 0 Å². The van der Waals surface area contributed by atoms with Crippen molar-refractivity contribution < 1.29 is 8.42 Å². The highest BCUT2D eigenvalue weighted by molar-refractivity contribution is 9.11. The second-order valence-corrected chi connectivity index (χ2v) is 8.90. The standard InChI is InChI=1S/C11H17BrN2O2S2.ClH/c1-2-7-14(9-5-6-13-8-9)18(15,16)11-4-3-10(12)17-11;/h3-4,9,13H,2,5-8H2,1H3;1H. The molecule has 1 aliphatic rings. The van der Waals surface area contributed by atoms with Gasteiger partial charge in [0.2, 0.25) is 0 Å². The average Bonchev–Trinajstić information content (AvgIpc) is 2.96. The first-order valence-electron chi connectivity index (χ1n) is 6.03. The van der Waals surface area contributed by atoms with E-state index < -0.39 is 10.0 Å². The summed E-state index contributed by atoms with van der Waals surface area (Å²) in [7, 11) is -3.34. The first kappa shape index (κ1) is 17.4. The van der Waals surface area contributed by atoms with Crippen LogP contribution in [-0.2, 0) is 10.0 Å². The largest absolute Gasteiger partial charge is 0.315 e. The Labute approximate surface area is 133 Å². The molecule has 110 valence electrons. The normalized spacial score (nSPS) is 19.6. The van der Waals surface area contributed by atoms with E-state index in [1.54, 1.807) is 16.4 Å². The molecule has 0 bridgehead atoms. The van der Waals surface area contributed by atoms with Crippen molar-refractivity contribution in [2.24, 2.45) is 0 Å². The number of sulfonamides is 1. The van der Waals surface area contributed by atoms with Crippen LogP contribution < -0.4 is 5.32 Å².